The van der Waals surface area contributed by atoms with E-state index in [1.165, 1.54) is 0 Å². The molecular weight excluding hydrogens is 412 g/mol. The first kappa shape index (κ1) is 19.1. The minimum Gasteiger partial charge on any atom is -0.496 e. The molecule has 6 nitrogen and oxygen atoms in total. The average molecular weight is 429 g/mol. The van der Waals surface area contributed by atoms with Gasteiger partial charge in [0.15, 0.2) is 0 Å². The molecule has 0 aliphatic carbocycles. The summed E-state index contributed by atoms with van der Waals surface area (Å²) in [6.07, 6.45) is 0. The minimum absolute atomic E-state index is 0.320. The van der Waals surface area contributed by atoms with Gasteiger partial charge < -0.3 is 10.1 Å². The zero-order valence-electron chi connectivity index (χ0n) is 16.5. The summed E-state index contributed by atoms with van der Waals surface area (Å²) < 4.78 is 5.45. The number of hydrogen-bond acceptors (Lipinski definition) is 4. The van der Waals surface area contributed by atoms with Crippen LogP contribution in [0.5, 0.6) is 5.75 Å². The number of nitrogens with one attached hydrogen (secondary N) is 1. The predicted octanol–water partition coefficient (Wildman–Crippen LogP) is 5.49. The molecule has 1 aromatic heterocycles. The first-order valence-corrected chi connectivity index (χ1v) is 10.0. The zero-order chi connectivity index (χ0) is 21.4. The molecule has 1 heterocycles. The summed E-state index contributed by atoms with van der Waals surface area (Å²) in [5.74, 6) is 0.169. The normalized spacial score (nSPS) is 11.0. The summed E-state index contributed by atoms with van der Waals surface area (Å²) in [6, 6.07) is 24.4. The van der Waals surface area contributed by atoms with Crippen LogP contribution in [0, 0.1) is 0 Å². The molecule has 0 radical (unpaired) electrons. The molecule has 0 atom stereocenters. The van der Waals surface area contributed by atoms with Gasteiger partial charge in [0.2, 0.25) is 0 Å². The van der Waals surface area contributed by atoms with E-state index in [0.29, 0.717) is 33.1 Å². The standard InChI is InChI=1S/C24H17ClN4O2/c1-31-23-12-16-8-6-5-7-15(16)11-18(23)24(30)26-20-14-22-21(13-19(20)25)27-29(28-22)17-9-3-2-4-10-17/h2-14H,1H3,(H,26,30). The monoisotopic (exact) mass is 428 g/mol. The lowest BCUT2D eigenvalue weighted by atomic mass is 10.1. The molecule has 4 aromatic carbocycles. The van der Waals surface area contributed by atoms with Gasteiger partial charge in [0, 0.05) is 0 Å². The number of hydrogen-bond donors (Lipinski definition) is 1. The fraction of sp³-hybridized carbons (Fsp3) is 0.0417. The molecule has 31 heavy (non-hydrogen) atoms. The molecule has 5 aromatic rings. The van der Waals surface area contributed by atoms with Crippen LogP contribution >= 0.6 is 11.6 Å². The van der Waals surface area contributed by atoms with Gasteiger partial charge in [-0.25, -0.2) is 0 Å². The highest BCUT2D eigenvalue weighted by Gasteiger charge is 2.17. The number of nitrogens with zero attached hydrogens (tertiary/aromatic N) is 3. The third-order valence-corrected chi connectivity index (χ3v) is 5.33. The lowest BCUT2D eigenvalue weighted by Crippen LogP contribution is -2.13. The summed E-state index contributed by atoms with van der Waals surface area (Å²) >= 11 is 6.44. The Labute approximate surface area is 183 Å². The Kier molecular flexibility index (Phi) is 4.76. The molecular formula is C24H17ClN4O2. The van der Waals surface area contributed by atoms with Crippen LogP contribution in [0.3, 0.4) is 0 Å². The SMILES string of the molecule is COc1cc2ccccc2cc1C(=O)Nc1cc2nn(-c3ccccc3)nc2cc1Cl. The second kappa shape index (κ2) is 7.74. The van der Waals surface area contributed by atoms with Gasteiger partial charge in [-0.05, 0) is 47.2 Å². The van der Waals surface area contributed by atoms with Crippen molar-refractivity contribution < 1.29 is 9.53 Å². The maximum Gasteiger partial charge on any atom is 0.259 e. The third kappa shape index (κ3) is 3.58. The first-order chi connectivity index (χ1) is 15.1. The van der Waals surface area contributed by atoms with Crippen LogP contribution in [0.1, 0.15) is 10.4 Å². The average Bonchev–Trinajstić information content (AvgIpc) is 3.21. The molecule has 152 valence electrons. The second-order valence-electron chi connectivity index (χ2n) is 7.00. The van der Waals surface area contributed by atoms with Crippen molar-refractivity contribution in [3.05, 3.63) is 89.4 Å². The summed E-state index contributed by atoms with van der Waals surface area (Å²) in [7, 11) is 1.54. The Morgan fingerprint density at radius 2 is 1.55 bits per heavy atom. The van der Waals surface area contributed by atoms with Gasteiger partial charge in [-0.15, -0.1) is 10.2 Å². The van der Waals surface area contributed by atoms with Crippen molar-refractivity contribution in [2.45, 2.75) is 0 Å². The van der Waals surface area contributed by atoms with Crippen LogP contribution in [-0.2, 0) is 0 Å². The van der Waals surface area contributed by atoms with Crippen LogP contribution in [-0.4, -0.2) is 28.0 Å². The quantitative estimate of drug-likeness (QED) is 0.411. The molecule has 0 bridgehead atoms. The van der Waals surface area contributed by atoms with Crippen LogP contribution in [0.15, 0.2) is 78.9 Å². The number of fused-ring (bicyclic) bond motifs is 2. The highest BCUT2D eigenvalue weighted by atomic mass is 35.5. The molecule has 0 unspecified atom stereocenters. The minimum atomic E-state index is -0.320. The van der Waals surface area contributed by atoms with E-state index in [0.717, 1.165) is 16.5 Å². The Hall–Kier alpha value is -3.90. The summed E-state index contributed by atoms with van der Waals surface area (Å²) in [4.78, 5) is 14.6. The molecule has 0 spiro atoms. The van der Waals surface area contributed by atoms with Gasteiger partial charge >= 0.3 is 0 Å². The maximum atomic E-state index is 13.1. The van der Waals surface area contributed by atoms with E-state index < -0.39 is 0 Å². The van der Waals surface area contributed by atoms with Crippen molar-refractivity contribution in [2.24, 2.45) is 0 Å². The largest absolute Gasteiger partial charge is 0.496 e. The van der Waals surface area contributed by atoms with Crippen LogP contribution in [0.4, 0.5) is 5.69 Å². The molecule has 1 amide bonds. The number of anilines is 1. The van der Waals surface area contributed by atoms with E-state index in [1.807, 2.05) is 66.7 Å². The lowest BCUT2D eigenvalue weighted by molar-refractivity contribution is 0.102. The van der Waals surface area contributed by atoms with Crippen molar-refractivity contribution in [2.75, 3.05) is 12.4 Å². The number of methoxy groups -OCH3 is 1. The van der Waals surface area contributed by atoms with Crippen LogP contribution in [0.25, 0.3) is 27.5 Å². The van der Waals surface area contributed by atoms with Gasteiger partial charge in [-0.2, -0.15) is 4.80 Å². The topological polar surface area (TPSA) is 69.0 Å². The molecule has 0 aliphatic rings. The number of aromatic nitrogens is 3. The van der Waals surface area contributed by atoms with E-state index in [-0.39, 0.29) is 5.91 Å². The molecule has 0 saturated carbocycles. The number of carbonyl (C=O) groups is 1. The number of rotatable bonds is 4. The van der Waals surface area contributed by atoms with Gasteiger partial charge in [-0.1, -0.05) is 54.1 Å². The zero-order valence-corrected chi connectivity index (χ0v) is 17.3. The number of amides is 1. The summed E-state index contributed by atoms with van der Waals surface area (Å²) in [6.45, 7) is 0. The van der Waals surface area contributed by atoms with Crippen LogP contribution < -0.4 is 10.1 Å². The Morgan fingerprint density at radius 1 is 0.903 bits per heavy atom. The number of ether oxygens (including phenoxy) is 1. The highest BCUT2D eigenvalue weighted by Crippen LogP contribution is 2.30. The van der Waals surface area contributed by atoms with E-state index in [2.05, 4.69) is 15.5 Å². The van der Waals surface area contributed by atoms with Gasteiger partial charge in [0.25, 0.3) is 5.91 Å². The number of para-hydroxylation sites is 1. The summed E-state index contributed by atoms with van der Waals surface area (Å²) in [5.41, 5.74) is 2.96. The third-order valence-electron chi connectivity index (χ3n) is 5.02. The first-order valence-electron chi connectivity index (χ1n) is 9.62. The molecule has 7 heteroatoms. The highest BCUT2D eigenvalue weighted by molar-refractivity contribution is 6.34. The molecule has 0 fully saturated rings. The molecule has 0 saturated heterocycles. The van der Waals surface area contributed by atoms with E-state index in [4.69, 9.17) is 16.3 Å². The van der Waals surface area contributed by atoms with Crippen molar-refractivity contribution in [3.8, 4) is 11.4 Å². The second-order valence-corrected chi connectivity index (χ2v) is 7.41. The fourth-order valence-corrected chi connectivity index (χ4v) is 3.67. The van der Waals surface area contributed by atoms with Crippen LogP contribution in [0.2, 0.25) is 5.02 Å². The molecule has 5 rings (SSSR count). The van der Waals surface area contributed by atoms with Gasteiger partial charge in [0.05, 0.1) is 29.1 Å². The van der Waals surface area contributed by atoms with Crippen molar-refractivity contribution in [3.63, 3.8) is 0 Å². The Morgan fingerprint density at radius 3 is 2.26 bits per heavy atom. The Balaban J connectivity index is 1.51. The van der Waals surface area contributed by atoms with Gasteiger partial charge in [-0.3, -0.25) is 4.79 Å². The van der Waals surface area contributed by atoms with Crippen molar-refractivity contribution >= 4 is 45.0 Å². The van der Waals surface area contributed by atoms with Gasteiger partial charge in [0.1, 0.15) is 16.8 Å². The molecule has 1 N–H and O–H groups in total. The number of benzene rings is 4. The predicted molar refractivity (Wildman–Crippen MR) is 122 cm³/mol. The van der Waals surface area contributed by atoms with Crippen molar-refractivity contribution in [1.29, 1.82) is 0 Å². The number of halogens is 1. The smallest absolute Gasteiger partial charge is 0.259 e. The van der Waals surface area contributed by atoms with E-state index in [1.54, 1.807) is 24.0 Å². The fourth-order valence-electron chi connectivity index (χ4n) is 3.47. The van der Waals surface area contributed by atoms with E-state index >= 15 is 0 Å². The number of carbonyl (C=O) groups excluding carboxylic acids is 1. The Bertz CT molecular complexity index is 1430. The lowest BCUT2D eigenvalue weighted by Gasteiger charge is -2.12. The summed E-state index contributed by atoms with van der Waals surface area (Å²) in [5, 5.41) is 14.2. The molecule has 0 aliphatic heterocycles. The van der Waals surface area contributed by atoms with Crippen molar-refractivity contribution in [1.82, 2.24) is 15.0 Å². The van der Waals surface area contributed by atoms with E-state index in [9.17, 15) is 4.79 Å². The maximum absolute atomic E-state index is 13.1.